The van der Waals surface area contributed by atoms with Crippen LogP contribution in [0.5, 0.6) is 0 Å². The van der Waals surface area contributed by atoms with Gasteiger partial charge in [-0.15, -0.1) is 13.2 Å². The smallest absolute Gasteiger partial charge is 0.227 e. The van der Waals surface area contributed by atoms with Crippen LogP contribution in [0, 0.1) is 0 Å². The van der Waals surface area contributed by atoms with Gasteiger partial charge in [-0.25, -0.2) is 4.98 Å². The number of nitrogens with zero attached hydrogens (tertiary/aromatic N) is 2. The molecule has 49 heavy (non-hydrogen) atoms. The maximum Gasteiger partial charge on any atom is 0.227 e. The van der Waals surface area contributed by atoms with E-state index < -0.39 is 0 Å². The molecule has 0 fully saturated rings. The summed E-state index contributed by atoms with van der Waals surface area (Å²) in [7, 11) is 0. The van der Waals surface area contributed by atoms with Gasteiger partial charge in [-0.3, -0.25) is 0 Å². The molecule has 1 aliphatic rings. The van der Waals surface area contributed by atoms with Gasteiger partial charge in [0.25, 0.3) is 0 Å². The van der Waals surface area contributed by atoms with Gasteiger partial charge < -0.3 is 13.7 Å². The molecule has 2 aromatic heterocycles. The van der Waals surface area contributed by atoms with Crippen molar-refractivity contribution >= 4 is 34.2 Å². The van der Waals surface area contributed by atoms with Gasteiger partial charge in [-0.1, -0.05) is 85.5 Å². The molecule has 0 saturated heterocycles. The van der Waals surface area contributed by atoms with Crippen molar-refractivity contribution in [3.63, 3.8) is 0 Å². The Labute approximate surface area is 286 Å². The van der Waals surface area contributed by atoms with Gasteiger partial charge in [0.1, 0.15) is 11.3 Å². The van der Waals surface area contributed by atoms with Crippen LogP contribution in [-0.2, 0) is 0 Å². The molecule has 0 bridgehead atoms. The van der Waals surface area contributed by atoms with Crippen LogP contribution in [0.25, 0.3) is 51.1 Å². The molecule has 2 heterocycles. The maximum atomic E-state index is 6.33. The number of allylic oxidation sites excluding steroid dienone is 4. The first-order valence-electron chi connectivity index (χ1n) is 16.4. The Bertz CT molecular complexity index is 2360. The molecule has 0 aliphatic heterocycles. The molecule has 4 nitrogen and oxygen atoms in total. The van der Waals surface area contributed by atoms with Gasteiger partial charge >= 0.3 is 0 Å². The molecule has 0 saturated carbocycles. The Morgan fingerprint density at radius 3 is 2.12 bits per heavy atom. The number of fused-ring (bicyclic) bond motifs is 4. The Kier molecular flexibility index (Phi) is 7.75. The monoisotopic (exact) mass is 634 g/mol. The molecule has 0 N–H and O–H groups in total. The fourth-order valence-electron chi connectivity index (χ4n) is 6.92. The quantitative estimate of drug-likeness (QED) is 0.117. The van der Waals surface area contributed by atoms with Crippen molar-refractivity contribution in [3.8, 4) is 33.9 Å². The van der Waals surface area contributed by atoms with Crippen LogP contribution in [0.15, 0.2) is 180 Å². The number of oxazole rings is 1. The zero-order valence-electron chi connectivity index (χ0n) is 27.0. The summed E-state index contributed by atoms with van der Waals surface area (Å²) in [5.41, 5.74) is 12.4. The number of hydrogen-bond acceptors (Lipinski definition) is 4. The second kappa shape index (κ2) is 12.7. The predicted molar refractivity (Wildman–Crippen MR) is 202 cm³/mol. The van der Waals surface area contributed by atoms with Crippen LogP contribution in [-0.4, -0.2) is 4.98 Å². The summed E-state index contributed by atoms with van der Waals surface area (Å²) in [6.07, 6.45) is 11.5. The average Bonchev–Trinajstić information content (AvgIpc) is 3.81. The lowest BCUT2D eigenvalue weighted by molar-refractivity contribution is 0.582. The van der Waals surface area contributed by atoms with Crippen molar-refractivity contribution < 1.29 is 8.83 Å². The van der Waals surface area contributed by atoms with E-state index in [0.717, 1.165) is 50.6 Å². The summed E-state index contributed by atoms with van der Waals surface area (Å²) >= 11 is 0. The lowest BCUT2D eigenvalue weighted by Crippen LogP contribution is -2.16. The van der Waals surface area contributed by atoms with E-state index in [-0.39, 0.29) is 11.8 Å². The minimum Gasteiger partial charge on any atom is -0.464 e. The summed E-state index contributed by atoms with van der Waals surface area (Å²) in [6.45, 7) is 12.2. The first-order chi connectivity index (χ1) is 24.1. The fraction of sp³-hybridized carbons (Fsp3) is 0.0444. The van der Waals surface area contributed by atoms with Gasteiger partial charge in [0.2, 0.25) is 5.89 Å². The Hall–Kier alpha value is -6.39. The summed E-state index contributed by atoms with van der Waals surface area (Å²) in [5, 5.41) is 0. The van der Waals surface area contributed by atoms with Crippen LogP contribution < -0.4 is 4.90 Å². The SMILES string of the molecule is C=C/C=C\c1coc(-c2ccc(N(c3ccc4c(c3)C(C=C)C(C=C)c3ccccc3-4)c3ccc4nc(-c5ccccc5)oc4c3)cc2)c1. The first-order valence-corrected chi connectivity index (χ1v) is 16.4. The second-order valence-corrected chi connectivity index (χ2v) is 12.1. The van der Waals surface area contributed by atoms with E-state index in [1.54, 1.807) is 12.3 Å². The van der Waals surface area contributed by atoms with Crippen LogP contribution in [0.1, 0.15) is 28.5 Å². The Morgan fingerprint density at radius 2 is 1.33 bits per heavy atom. The maximum absolute atomic E-state index is 6.33. The third-order valence-corrected chi connectivity index (χ3v) is 9.26. The van der Waals surface area contributed by atoms with Gasteiger partial charge in [-0.05, 0) is 89.0 Å². The molecule has 1 aliphatic carbocycles. The number of furan rings is 1. The molecule has 2 unspecified atom stereocenters. The number of hydrogen-bond donors (Lipinski definition) is 0. The van der Waals surface area contributed by atoms with Gasteiger partial charge in [0.05, 0.1) is 6.26 Å². The zero-order valence-corrected chi connectivity index (χ0v) is 27.0. The van der Waals surface area contributed by atoms with Crippen molar-refractivity contribution in [1.29, 1.82) is 0 Å². The van der Waals surface area contributed by atoms with Gasteiger partial charge in [-0.2, -0.15) is 0 Å². The summed E-state index contributed by atoms with van der Waals surface area (Å²) in [4.78, 5) is 7.05. The Balaban J connectivity index is 1.26. The average molecular weight is 635 g/mol. The van der Waals surface area contributed by atoms with Crippen LogP contribution in [0.2, 0.25) is 0 Å². The summed E-state index contributed by atoms with van der Waals surface area (Å²) < 4.78 is 12.2. The van der Waals surface area contributed by atoms with E-state index in [0.29, 0.717) is 5.89 Å². The minimum atomic E-state index is 0.0834. The summed E-state index contributed by atoms with van der Waals surface area (Å²) in [5.74, 6) is 1.61. The molecule has 5 aromatic carbocycles. The van der Waals surface area contributed by atoms with Crippen molar-refractivity contribution in [2.75, 3.05) is 4.90 Å². The normalized spacial score (nSPS) is 15.1. The third-order valence-electron chi connectivity index (χ3n) is 9.26. The predicted octanol–water partition coefficient (Wildman–Crippen LogP) is 12.6. The zero-order chi connectivity index (χ0) is 33.3. The van der Waals surface area contributed by atoms with E-state index in [1.165, 1.54) is 22.3 Å². The lowest BCUT2D eigenvalue weighted by atomic mass is 9.71. The van der Waals surface area contributed by atoms with Crippen molar-refractivity contribution in [3.05, 3.63) is 188 Å². The first kappa shape index (κ1) is 30.0. The number of benzene rings is 5. The highest BCUT2D eigenvalue weighted by Gasteiger charge is 2.31. The standard InChI is InChI=1S/C45H34N2O2/c1-4-7-13-30-26-43(48-29-30)31-18-20-33(21-19-31)47(35-23-25-42-44(28-35)49-45(46-42)32-14-9-8-10-15-32)34-22-24-40-39-17-12-11-16-38(39)36(5-2)37(6-3)41(40)27-34/h4-29,36-37H,1-3H2/b13-7-. The number of aromatic nitrogens is 1. The molecule has 8 rings (SSSR count). The van der Waals surface area contributed by atoms with Gasteiger partial charge in [0.15, 0.2) is 5.58 Å². The second-order valence-electron chi connectivity index (χ2n) is 12.1. The van der Waals surface area contributed by atoms with Crippen molar-refractivity contribution in [2.24, 2.45) is 0 Å². The van der Waals surface area contributed by atoms with Crippen molar-refractivity contribution in [1.82, 2.24) is 4.98 Å². The number of rotatable bonds is 9. The van der Waals surface area contributed by atoms with Crippen molar-refractivity contribution in [2.45, 2.75) is 11.8 Å². The number of anilines is 3. The molecular weight excluding hydrogens is 601 g/mol. The molecule has 236 valence electrons. The van der Waals surface area contributed by atoms with E-state index in [9.17, 15) is 0 Å². The lowest BCUT2D eigenvalue weighted by Gasteiger charge is -2.34. The molecule has 0 spiro atoms. The molecule has 7 aromatic rings. The molecule has 2 atom stereocenters. The van der Waals surface area contributed by atoms with Gasteiger partial charge in [0, 0.05) is 51.7 Å². The molecule has 0 radical (unpaired) electrons. The third kappa shape index (κ3) is 5.43. The van der Waals surface area contributed by atoms with Crippen LogP contribution in [0.4, 0.5) is 17.1 Å². The van der Waals surface area contributed by atoms with Crippen LogP contribution in [0.3, 0.4) is 0 Å². The topological polar surface area (TPSA) is 42.4 Å². The highest BCUT2D eigenvalue weighted by atomic mass is 16.3. The van der Waals surface area contributed by atoms with E-state index in [4.69, 9.17) is 13.8 Å². The molecule has 4 heteroatoms. The fourth-order valence-corrected chi connectivity index (χ4v) is 6.92. The van der Waals surface area contributed by atoms with E-state index in [2.05, 4.69) is 110 Å². The molecule has 0 amide bonds. The van der Waals surface area contributed by atoms with E-state index in [1.807, 2.05) is 60.7 Å². The highest BCUT2D eigenvalue weighted by Crippen LogP contribution is 2.50. The Morgan fingerprint density at radius 1 is 0.633 bits per heavy atom. The minimum absolute atomic E-state index is 0.0834. The largest absolute Gasteiger partial charge is 0.464 e. The summed E-state index contributed by atoms with van der Waals surface area (Å²) in [6, 6.07) is 42.0. The van der Waals surface area contributed by atoms with Crippen LogP contribution >= 0.6 is 0 Å². The van der Waals surface area contributed by atoms with E-state index >= 15 is 0 Å². The molecular formula is C45H34N2O2. The highest BCUT2D eigenvalue weighted by molar-refractivity contribution is 5.87.